The van der Waals surface area contributed by atoms with Gasteiger partial charge < -0.3 is 15.4 Å². The summed E-state index contributed by atoms with van der Waals surface area (Å²) in [6, 6.07) is 7.46. The molecule has 1 aliphatic heterocycles. The molecular weight excluding hydrogens is 234 g/mol. The number of hydrogen-bond donors (Lipinski definition) is 3. The Labute approximate surface area is 103 Å². The van der Waals surface area contributed by atoms with Crippen LogP contribution >= 0.6 is 0 Å². The van der Waals surface area contributed by atoms with Crippen molar-refractivity contribution in [2.75, 3.05) is 12.4 Å². The summed E-state index contributed by atoms with van der Waals surface area (Å²) in [5, 5.41) is 16.0. The van der Waals surface area contributed by atoms with E-state index in [1.165, 1.54) is 0 Å². The molecule has 1 aromatic carbocycles. The minimum absolute atomic E-state index is 0.265. The first-order chi connectivity index (χ1) is 8.79. The number of hydrogen-bond acceptors (Lipinski definition) is 5. The number of rotatable bonds is 2. The molecule has 1 atom stereocenters. The van der Waals surface area contributed by atoms with Crippen LogP contribution in [0.5, 0.6) is 5.75 Å². The first-order valence-corrected chi connectivity index (χ1v) is 5.40. The minimum Gasteiger partial charge on any atom is -0.496 e. The SMILES string of the molecule is COc1ccccc1C1NC(=O)c2n[nH]nc2N1. The van der Waals surface area contributed by atoms with Gasteiger partial charge in [-0.15, -0.1) is 10.2 Å². The van der Waals surface area contributed by atoms with Gasteiger partial charge >= 0.3 is 0 Å². The summed E-state index contributed by atoms with van der Waals surface area (Å²) < 4.78 is 5.27. The quantitative estimate of drug-likeness (QED) is 0.723. The van der Waals surface area contributed by atoms with Crippen LogP contribution in [0, 0.1) is 0 Å². The molecule has 18 heavy (non-hydrogen) atoms. The van der Waals surface area contributed by atoms with E-state index >= 15 is 0 Å². The molecule has 0 aliphatic carbocycles. The van der Waals surface area contributed by atoms with Gasteiger partial charge in [0.1, 0.15) is 11.9 Å². The van der Waals surface area contributed by atoms with Gasteiger partial charge in [-0.1, -0.05) is 18.2 Å². The topological polar surface area (TPSA) is 91.9 Å². The molecule has 1 amide bonds. The molecule has 1 aliphatic rings. The van der Waals surface area contributed by atoms with E-state index in [0.29, 0.717) is 11.6 Å². The van der Waals surface area contributed by atoms with Gasteiger partial charge in [0.25, 0.3) is 5.91 Å². The number of benzene rings is 1. The fourth-order valence-corrected chi connectivity index (χ4v) is 1.92. The molecule has 92 valence electrons. The molecule has 7 heteroatoms. The Morgan fingerprint density at radius 2 is 2.06 bits per heavy atom. The van der Waals surface area contributed by atoms with Crippen molar-refractivity contribution in [2.45, 2.75) is 6.17 Å². The van der Waals surface area contributed by atoms with Gasteiger partial charge in [0.2, 0.25) is 0 Å². The van der Waals surface area contributed by atoms with Crippen LogP contribution in [0.4, 0.5) is 5.82 Å². The van der Waals surface area contributed by atoms with Crippen LogP contribution < -0.4 is 15.4 Å². The fourth-order valence-electron chi connectivity index (χ4n) is 1.92. The third-order valence-electron chi connectivity index (χ3n) is 2.77. The average molecular weight is 245 g/mol. The molecule has 2 aromatic rings. The number of ether oxygens (including phenoxy) is 1. The maximum atomic E-state index is 11.8. The molecule has 7 nitrogen and oxygen atoms in total. The van der Waals surface area contributed by atoms with E-state index in [4.69, 9.17) is 4.74 Å². The number of aromatic nitrogens is 3. The number of fused-ring (bicyclic) bond motifs is 1. The summed E-state index contributed by atoms with van der Waals surface area (Å²) in [4.78, 5) is 11.8. The number of amides is 1. The molecule has 1 unspecified atom stereocenters. The van der Waals surface area contributed by atoms with Crippen molar-refractivity contribution in [3.8, 4) is 5.75 Å². The molecule has 0 spiro atoms. The Bertz CT molecular complexity index is 595. The van der Waals surface area contributed by atoms with Crippen LogP contribution in [0.25, 0.3) is 0 Å². The highest BCUT2D eigenvalue weighted by Gasteiger charge is 2.29. The molecule has 3 N–H and O–H groups in total. The van der Waals surface area contributed by atoms with Crippen molar-refractivity contribution < 1.29 is 9.53 Å². The van der Waals surface area contributed by atoms with Crippen LogP contribution in [0.1, 0.15) is 22.2 Å². The number of para-hydroxylation sites is 1. The van der Waals surface area contributed by atoms with Gasteiger partial charge in [-0.05, 0) is 6.07 Å². The van der Waals surface area contributed by atoms with Gasteiger partial charge in [-0.25, -0.2) is 0 Å². The van der Waals surface area contributed by atoms with Crippen molar-refractivity contribution in [1.29, 1.82) is 0 Å². The summed E-state index contributed by atoms with van der Waals surface area (Å²) in [7, 11) is 1.59. The van der Waals surface area contributed by atoms with E-state index in [2.05, 4.69) is 26.0 Å². The van der Waals surface area contributed by atoms with E-state index < -0.39 is 0 Å². The van der Waals surface area contributed by atoms with Crippen molar-refractivity contribution in [3.05, 3.63) is 35.5 Å². The van der Waals surface area contributed by atoms with Crippen LogP contribution in [0.15, 0.2) is 24.3 Å². The van der Waals surface area contributed by atoms with Crippen LogP contribution in [-0.4, -0.2) is 28.4 Å². The summed E-state index contributed by atoms with van der Waals surface area (Å²) in [5.74, 6) is 0.866. The summed E-state index contributed by atoms with van der Waals surface area (Å²) in [5.41, 5.74) is 1.10. The van der Waals surface area contributed by atoms with E-state index in [0.717, 1.165) is 5.56 Å². The molecule has 0 bridgehead atoms. The number of H-pyrrole nitrogens is 1. The molecule has 1 aromatic heterocycles. The first-order valence-electron chi connectivity index (χ1n) is 5.40. The highest BCUT2D eigenvalue weighted by molar-refractivity contribution is 5.98. The Morgan fingerprint density at radius 1 is 1.22 bits per heavy atom. The molecular formula is C11H11N5O2. The zero-order valence-electron chi connectivity index (χ0n) is 9.60. The predicted molar refractivity (Wildman–Crippen MR) is 63.2 cm³/mol. The second kappa shape index (κ2) is 4.02. The van der Waals surface area contributed by atoms with E-state index in [1.54, 1.807) is 7.11 Å². The van der Waals surface area contributed by atoms with Crippen molar-refractivity contribution in [2.24, 2.45) is 0 Å². The Kier molecular flexibility index (Phi) is 2.36. The maximum Gasteiger partial charge on any atom is 0.277 e. The fraction of sp³-hybridized carbons (Fsp3) is 0.182. The average Bonchev–Trinajstić information content (AvgIpc) is 2.87. The number of nitrogens with zero attached hydrogens (tertiary/aromatic N) is 2. The number of aromatic amines is 1. The highest BCUT2D eigenvalue weighted by atomic mass is 16.5. The Hall–Kier alpha value is -2.57. The van der Waals surface area contributed by atoms with Crippen molar-refractivity contribution >= 4 is 11.7 Å². The lowest BCUT2D eigenvalue weighted by Gasteiger charge is -2.25. The second-order valence-electron chi connectivity index (χ2n) is 3.81. The van der Waals surface area contributed by atoms with Crippen molar-refractivity contribution in [1.82, 2.24) is 20.7 Å². The van der Waals surface area contributed by atoms with Gasteiger partial charge in [0.05, 0.1) is 7.11 Å². The number of carbonyl (C=O) groups is 1. The summed E-state index contributed by atoms with van der Waals surface area (Å²) in [6.45, 7) is 0. The summed E-state index contributed by atoms with van der Waals surface area (Å²) >= 11 is 0. The lowest BCUT2D eigenvalue weighted by molar-refractivity contribution is 0.0930. The number of anilines is 1. The van der Waals surface area contributed by atoms with Gasteiger partial charge in [-0.3, -0.25) is 4.79 Å². The van der Waals surface area contributed by atoms with E-state index in [-0.39, 0.29) is 17.8 Å². The third-order valence-corrected chi connectivity index (χ3v) is 2.77. The molecule has 0 saturated heterocycles. The first kappa shape index (κ1) is 10.6. The maximum absolute atomic E-state index is 11.8. The monoisotopic (exact) mass is 245 g/mol. The number of carbonyl (C=O) groups excluding carboxylic acids is 1. The largest absolute Gasteiger partial charge is 0.496 e. The zero-order valence-corrected chi connectivity index (χ0v) is 9.60. The molecule has 2 heterocycles. The van der Waals surface area contributed by atoms with E-state index in [1.807, 2.05) is 24.3 Å². The highest BCUT2D eigenvalue weighted by Crippen LogP contribution is 2.28. The van der Waals surface area contributed by atoms with Gasteiger partial charge in [0, 0.05) is 5.56 Å². The number of methoxy groups -OCH3 is 1. The third kappa shape index (κ3) is 1.56. The molecule has 0 saturated carbocycles. The predicted octanol–water partition coefficient (Wildman–Crippen LogP) is 0.667. The zero-order chi connectivity index (χ0) is 12.5. The summed E-state index contributed by atoms with van der Waals surface area (Å²) in [6.07, 6.45) is -0.383. The molecule has 3 rings (SSSR count). The molecule has 0 radical (unpaired) electrons. The molecule has 0 fully saturated rings. The van der Waals surface area contributed by atoms with Crippen LogP contribution in [0.2, 0.25) is 0 Å². The second-order valence-corrected chi connectivity index (χ2v) is 3.81. The lowest BCUT2D eigenvalue weighted by atomic mass is 10.1. The number of nitrogens with one attached hydrogen (secondary N) is 3. The Balaban J connectivity index is 1.98. The van der Waals surface area contributed by atoms with Gasteiger partial charge in [-0.2, -0.15) is 5.21 Å². The van der Waals surface area contributed by atoms with E-state index in [9.17, 15) is 4.79 Å². The normalized spacial score (nSPS) is 17.6. The Morgan fingerprint density at radius 3 is 2.89 bits per heavy atom. The van der Waals surface area contributed by atoms with Crippen LogP contribution in [0.3, 0.4) is 0 Å². The smallest absolute Gasteiger partial charge is 0.277 e. The lowest BCUT2D eigenvalue weighted by Crippen LogP contribution is -2.38. The van der Waals surface area contributed by atoms with Crippen LogP contribution in [-0.2, 0) is 0 Å². The minimum atomic E-state index is -0.383. The van der Waals surface area contributed by atoms with Gasteiger partial charge in [0.15, 0.2) is 11.5 Å². The standard InChI is InChI=1S/C11H11N5O2/c1-18-7-5-3-2-4-6(7)9-12-10-8(11(17)13-9)14-16-15-10/h2-5,9H,1H3,(H,13,17)(H2,12,14,15,16). The van der Waals surface area contributed by atoms with Crippen molar-refractivity contribution in [3.63, 3.8) is 0 Å².